The van der Waals surface area contributed by atoms with Crippen molar-refractivity contribution in [3.8, 4) is 22.3 Å². The summed E-state index contributed by atoms with van der Waals surface area (Å²) in [7, 11) is 0. The number of allylic oxidation sites excluding steroid dienone is 2. The molecule has 57 heavy (non-hydrogen) atoms. The standard InChI is InChI=1S/2C26H33.C2H4.2ClH.Hf/c2*1-8-10-18-13-19-11-9-12-23(24(19)14-18)20-15-21(25(2,3)4)17-22(16-20)26(5,6)7;1-2;;;/h2*9,11-17H,8,10H2,1-7H3;1-2H2;2*1H;. The van der Waals surface area contributed by atoms with Crippen LogP contribution in [0.5, 0.6) is 0 Å². The molecule has 0 N–H and O–H groups in total. The maximum absolute atomic E-state index is 3.07. The third-order valence-electron chi connectivity index (χ3n) is 13.3. The van der Waals surface area contributed by atoms with E-state index in [9.17, 15) is 0 Å². The van der Waals surface area contributed by atoms with Gasteiger partial charge in [0, 0.05) is 0 Å². The third-order valence-corrected chi connectivity index (χ3v) is 32.4. The van der Waals surface area contributed by atoms with Crippen molar-refractivity contribution < 1.29 is 20.0 Å². The quantitative estimate of drug-likeness (QED) is 0.154. The van der Waals surface area contributed by atoms with Crippen molar-refractivity contribution in [3.63, 3.8) is 0 Å². The fourth-order valence-corrected chi connectivity index (χ4v) is 38.1. The average molecular weight is 971 g/mol. The maximum Gasteiger partial charge on any atom is -0.147 e. The molecule has 1 heterocycles. The van der Waals surface area contributed by atoms with E-state index in [0.29, 0.717) is 7.35 Å². The van der Waals surface area contributed by atoms with Gasteiger partial charge in [-0.15, -0.1) is 24.8 Å². The summed E-state index contributed by atoms with van der Waals surface area (Å²) in [6.07, 6.45) is 10.3. The van der Waals surface area contributed by atoms with Crippen LogP contribution in [0, 0.1) is 0 Å². The van der Waals surface area contributed by atoms with Gasteiger partial charge in [0.15, 0.2) is 0 Å². The van der Waals surface area contributed by atoms with E-state index in [1.807, 2.05) is 0 Å². The topological polar surface area (TPSA) is 0 Å². The Labute approximate surface area is 365 Å². The minimum atomic E-state index is -3.07. The van der Waals surface area contributed by atoms with Crippen LogP contribution < -0.4 is 0 Å². The Hall–Kier alpha value is -2.19. The molecule has 2 aliphatic carbocycles. The maximum atomic E-state index is 2.71. The van der Waals surface area contributed by atoms with Gasteiger partial charge in [-0.2, -0.15) is 0 Å². The molecule has 0 nitrogen and oxygen atoms in total. The molecule has 7 rings (SSSR count). The first-order valence-electron chi connectivity index (χ1n) is 21.7. The summed E-state index contributed by atoms with van der Waals surface area (Å²) < 4.78 is 4.37. The SMILES string of the molecule is CCCC1=Cc2c(-c3cc(C(C)(C)C)cc(C(C)(C)C)c3)cccc2[CH]1[Hf]1([CH]2C(CCC)=Cc3c(-c4cc(C(C)(C)C)cc(C(C)(C)C)c4)cccc32)[CH2][CH2]1.Cl.Cl. The first kappa shape index (κ1) is 45.9. The number of hydrogen-bond acceptors (Lipinski definition) is 0. The second kappa shape index (κ2) is 16.3. The van der Waals surface area contributed by atoms with Gasteiger partial charge in [-0.3, -0.25) is 0 Å². The Balaban J connectivity index is 0.00000310. The summed E-state index contributed by atoms with van der Waals surface area (Å²) in [5.41, 5.74) is 21.8. The van der Waals surface area contributed by atoms with Crippen LogP contribution in [0.25, 0.3) is 34.4 Å². The molecular formula is C54H72Cl2Hf. The fourth-order valence-electron chi connectivity index (χ4n) is 9.99. The molecule has 0 amide bonds. The first-order chi connectivity index (χ1) is 25.7. The summed E-state index contributed by atoms with van der Waals surface area (Å²) in [6, 6.07) is 29.8. The molecule has 3 aliphatic rings. The van der Waals surface area contributed by atoms with Gasteiger partial charge < -0.3 is 0 Å². The number of halogens is 2. The molecular weight excluding hydrogens is 898 g/mol. The molecule has 0 saturated carbocycles. The Morgan fingerprint density at radius 1 is 0.474 bits per heavy atom. The normalized spacial score (nSPS) is 18.6. The molecule has 0 spiro atoms. The summed E-state index contributed by atoms with van der Waals surface area (Å²) in [6.45, 7) is 33.2. The average Bonchev–Trinajstić information content (AvgIpc) is 3.65. The molecule has 0 aromatic heterocycles. The van der Waals surface area contributed by atoms with Crippen molar-refractivity contribution in [2.75, 3.05) is 0 Å². The van der Waals surface area contributed by atoms with E-state index in [2.05, 4.69) is 182 Å². The van der Waals surface area contributed by atoms with Gasteiger partial charge in [0.2, 0.25) is 0 Å². The summed E-state index contributed by atoms with van der Waals surface area (Å²) >= 11 is -3.07. The smallest absolute Gasteiger partial charge is 0.147 e. The predicted molar refractivity (Wildman–Crippen MR) is 254 cm³/mol. The van der Waals surface area contributed by atoms with E-state index in [0.717, 1.165) is 0 Å². The van der Waals surface area contributed by atoms with Crippen molar-refractivity contribution >= 4 is 37.0 Å². The predicted octanol–water partition coefficient (Wildman–Crippen LogP) is 17.2. The van der Waals surface area contributed by atoms with Gasteiger partial charge in [-0.25, -0.2) is 0 Å². The zero-order valence-corrected chi connectivity index (χ0v) is 43.0. The fraction of sp³-hybridized carbons (Fsp3) is 0.481. The second-order valence-electron chi connectivity index (χ2n) is 21.8. The van der Waals surface area contributed by atoms with Crippen molar-refractivity contribution in [1.82, 2.24) is 0 Å². The summed E-state index contributed by atoms with van der Waals surface area (Å²) in [4.78, 5) is 0. The van der Waals surface area contributed by atoms with Gasteiger partial charge in [-0.1, -0.05) is 0 Å². The van der Waals surface area contributed by atoms with Crippen LogP contribution in [-0.4, -0.2) is 0 Å². The van der Waals surface area contributed by atoms with Gasteiger partial charge in [0.1, 0.15) is 0 Å². The molecule has 0 radical (unpaired) electrons. The molecule has 2 unspecified atom stereocenters. The largest absolute Gasteiger partial charge is 0.147 e. The third kappa shape index (κ3) is 8.71. The Morgan fingerprint density at radius 2 is 0.789 bits per heavy atom. The van der Waals surface area contributed by atoms with E-state index in [4.69, 9.17) is 0 Å². The Morgan fingerprint density at radius 3 is 1.05 bits per heavy atom. The molecule has 1 fully saturated rings. The van der Waals surface area contributed by atoms with Crippen LogP contribution in [0.4, 0.5) is 0 Å². The zero-order chi connectivity index (χ0) is 39.9. The van der Waals surface area contributed by atoms with Crippen LogP contribution in [0.15, 0.2) is 83.9 Å². The monoisotopic (exact) mass is 970 g/mol. The van der Waals surface area contributed by atoms with Crippen LogP contribution in [0.1, 0.15) is 174 Å². The van der Waals surface area contributed by atoms with E-state index in [1.165, 1.54) is 89.7 Å². The van der Waals surface area contributed by atoms with E-state index < -0.39 is 20.0 Å². The molecule has 306 valence electrons. The number of fused-ring (bicyclic) bond motifs is 2. The Bertz CT molecular complexity index is 1970. The molecule has 4 aromatic rings. The van der Waals surface area contributed by atoms with Gasteiger partial charge in [0.25, 0.3) is 0 Å². The number of hydrogen-bond donors (Lipinski definition) is 0. The minimum absolute atomic E-state index is 0. The molecule has 3 heteroatoms. The van der Waals surface area contributed by atoms with Crippen LogP contribution in [0.2, 0.25) is 8.35 Å². The second-order valence-corrected chi connectivity index (χ2v) is 38.4. The molecule has 4 aromatic carbocycles. The van der Waals surface area contributed by atoms with Gasteiger partial charge in [-0.05, 0) is 0 Å². The molecule has 2 atom stereocenters. The van der Waals surface area contributed by atoms with Crippen LogP contribution in [0.3, 0.4) is 0 Å². The van der Waals surface area contributed by atoms with E-state index >= 15 is 0 Å². The van der Waals surface area contributed by atoms with E-state index in [1.54, 1.807) is 22.3 Å². The molecule has 1 saturated heterocycles. The number of benzene rings is 4. The van der Waals surface area contributed by atoms with Crippen molar-refractivity contribution in [1.29, 1.82) is 0 Å². The summed E-state index contributed by atoms with van der Waals surface area (Å²) in [5.74, 6) is 0. The van der Waals surface area contributed by atoms with Gasteiger partial charge >= 0.3 is 343 Å². The van der Waals surface area contributed by atoms with Gasteiger partial charge in [0.05, 0.1) is 0 Å². The van der Waals surface area contributed by atoms with E-state index in [-0.39, 0.29) is 46.5 Å². The molecule has 0 bridgehead atoms. The van der Waals surface area contributed by atoms with Crippen LogP contribution >= 0.6 is 24.8 Å². The minimum Gasteiger partial charge on any atom is -0.147 e. The van der Waals surface area contributed by atoms with Crippen LogP contribution in [-0.2, 0) is 41.6 Å². The molecule has 1 aliphatic heterocycles. The zero-order valence-electron chi connectivity index (χ0n) is 37.8. The summed E-state index contributed by atoms with van der Waals surface area (Å²) in [5, 5.41) is 0. The van der Waals surface area contributed by atoms with Crippen molar-refractivity contribution in [2.45, 2.75) is 160 Å². The first-order valence-corrected chi connectivity index (χ1v) is 30.9. The van der Waals surface area contributed by atoms with Crippen molar-refractivity contribution in [2.24, 2.45) is 0 Å². The Kier molecular flexibility index (Phi) is 13.2. The number of rotatable bonds is 8. The van der Waals surface area contributed by atoms with Crippen molar-refractivity contribution in [3.05, 3.63) is 128 Å².